The average molecular weight is 502 g/mol. The summed E-state index contributed by atoms with van der Waals surface area (Å²) < 4.78 is 31.3. The number of hydrogen-bond donors (Lipinski definition) is 2. The van der Waals surface area contributed by atoms with Gasteiger partial charge in [-0.3, -0.25) is 4.98 Å². The van der Waals surface area contributed by atoms with Crippen LogP contribution in [0.25, 0.3) is 10.9 Å². The van der Waals surface area contributed by atoms with Gasteiger partial charge in [0.05, 0.1) is 40.7 Å². The lowest BCUT2D eigenvalue weighted by atomic mass is 9.96. The molecule has 0 saturated heterocycles. The van der Waals surface area contributed by atoms with Crippen molar-refractivity contribution >= 4 is 22.3 Å². The molecule has 1 saturated carbocycles. The molecule has 1 atom stereocenters. The zero-order valence-corrected chi connectivity index (χ0v) is 21.3. The Hall–Kier alpha value is -4.06. The number of pyridine rings is 1. The number of hydrogen-bond acceptors (Lipinski definition) is 6. The van der Waals surface area contributed by atoms with E-state index in [1.54, 1.807) is 25.1 Å². The molecule has 0 radical (unpaired) electrons. The molecule has 0 bridgehead atoms. The van der Waals surface area contributed by atoms with Crippen molar-refractivity contribution in [2.24, 2.45) is 5.41 Å². The van der Waals surface area contributed by atoms with Crippen LogP contribution in [0.15, 0.2) is 42.7 Å². The van der Waals surface area contributed by atoms with Crippen molar-refractivity contribution in [1.29, 1.82) is 5.26 Å². The lowest BCUT2D eigenvalue weighted by molar-refractivity contribution is 0.443. The summed E-state index contributed by atoms with van der Waals surface area (Å²) in [4.78, 5) is 4.40. The smallest absolute Gasteiger partial charge is 0.151 e. The van der Waals surface area contributed by atoms with Crippen LogP contribution in [0.5, 0.6) is 0 Å². The van der Waals surface area contributed by atoms with Crippen LogP contribution in [0.1, 0.15) is 68.1 Å². The highest BCUT2D eigenvalue weighted by atomic mass is 19.1. The molecule has 1 aliphatic rings. The highest BCUT2D eigenvalue weighted by molar-refractivity contribution is 5.98. The molecule has 2 aromatic heterocycles. The summed E-state index contributed by atoms with van der Waals surface area (Å²) >= 11 is 0. The molecule has 37 heavy (non-hydrogen) atoms. The van der Waals surface area contributed by atoms with Crippen LogP contribution in [0, 0.1) is 35.3 Å². The monoisotopic (exact) mass is 501 g/mol. The molecule has 2 heterocycles. The summed E-state index contributed by atoms with van der Waals surface area (Å²) in [5.41, 5.74) is 3.36. The molecule has 1 fully saturated rings. The third kappa shape index (κ3) is 5.10. The molecule has 2 N–H and O–H groups in total. The lowest BCUT2D eigenvalue weighted by Gasteiger charge is -2.23. The van der Waals surface area contributed by atoms with Gasteiger partial charge in [-0.2, -0.15) is 5.26 Å². The van der Waals surface area contributed by atoms with Crippen molar-refractivity contribution in [2.45, 2.75) is 52.6 Å². The number of aromatic nitrogens is 4. The van der Waals surface area contributed by atoms with Gasteiger partial charge in [-0.25, -0.2) is 13.5 Å². The molecule has 0 amide bonds. The highest BCUT2D eigenvalue weighted by Gasteiger charge is 2.28. The molecule has 0 aliphatic heterocycles. The largest absolute Gasteiger partial charge is 0.383 e. The Bertz CT molecular complexity index is 1490. The van der Waals surface area contributed by atoms with Crippen LogP contribution in [0.4, 0.5) is 20.2 Å². The van der Waals surface area contributed by atoms with Gasteiger partial charge in [0.25, 0.3) is 0 Å². The molecule has 4 aromatic rings. The lowest BCUT2D eigenvalue weighted by Crippen LogP contribution is -2.20. The summed E-state index contributed by atoms with van der Waals surface area (Å²) in [7, 11) is 0. The van der Waals surface area contributed by atoms with E-state index in [1.807, 2.05) is 10.9 Å². The number of anilines is 2. The number of rotatable bonds is 7. The van der Waals surface area contributed by atoms with E-state index in [9.17, 15) is 9.65 Å². The number of nitriles is 1. The van der Waals surface area contributed by atoms with Gasteiger partial charge < -0.3 is 10.6 Å². The van der Waals surface area contributed by atoms with Crippen molar-refractivity contribution in [3.8, 4) is 6.07 Å². The number of benzene rings is 2. The van der Waals surface area contributed by atoms with E-state index in [1.165, 1.54) is 18.3 Å². The Morgan fingerprint density at radius 1 is 1.19 bits per heavy atom. The molecule has 2 aromatic carbocycles. The minimum atomic E-state index is -0.572. The first-order valence-electron chi connectivity index (χ1n) is 12.3. The van der Waals surface area contributed by atoms with Crippen LogP contribution in [-0.4, -0.2) is 26.5 Å². The first-order valence-corrected chi connectivity index (χ1v) is 12.3. The first-order chi connectivity index (χ1) is 17.6. The fraction of sp³-hybridized carbons (Fsp3) is 0.357. The molecule has 190 valence electrons. The number of nitrogens with one attached hydrogen (secondary N) is 2. The summed E-state index contributed by atoms with van der Waals surface area (Å²) in [6, 6.07) is 9.69. The van der Waals surface area contributed by atoms with Gasteiger partial charge in [0.2, 0.25) is 0 Å². The minimum absolute atomic E-state index is 0.0421. The maximum atomic E-state index is 15.7. The van der Waals surface area contributed by atoms with Crippen LogP contribution >= 0.6 is 0 Å². The first kappa shape index (κ1) is 24.6. The van der Waals surface area contributed by atoms with Gasteiger partial charge in [-0.1, -0.05) is 38.1 Å². The van der Waals surface area contributed by atoms with E-state index >= 15 is 4.39 Å². The molecule has 7 nitrogen and oxygen atoms in total. The van der Waals surface area contributed by atoms with Gasteiger partial charge in [0, 0.05) is 23.7 Å². The second-order valence-electron chi connectivity index (χ2n) is 10.8. The fourth-order valence-corrected chi connectivity index (χ4v) is 4.29. The minimum Gasteiger partial charge on any atom is -0.383 e. The zero-order valence-electron chi connectivity index (χ0n) is 21.3. The van der Waals surface area contributed by atoms with E-state index in [-0.39, 0.29) is 16.9 Å². The number of nitrogens with zero attached hydrogens (tertiary/aromatic N) is 5. The van der Waals surface area contributed by atoms with E-state index in [4.69, 9.17) is 0 Å². The molecule has 1 unspecified atom stereocenters. The van der Waals surface area contributed by atoms with Gasteiger partial charge in [0.1, 0.15) is 17.6 Å². The third-order valence-corrected chi connectivity index (χ3v) is 6.49. The van der Waals surface area contributed by atoms with Gasteiger partial charge in [0.15, 0.2) is 5.82 Å². The average Bonchev–Trinajstić information content (AvgIpc) is 3.60. The van der Waals surface area contributed by atoms with Gasteiger partial charge in [-0.05, 0) is 48.9 Å². The van der Waals surface area contributed by atoms with Crippen LogP contribution in [-0.2, 0) is 0 Å². The zero-order chi connectivity index (χ0) is 26.3. The maximum absolute atomic E-state index is 15.7. The van der Waals surface area contributed by atoms with Gasteiger partial charge in [-0.15, -0.1) is 5.10 Å². The SMILES string of the molecule is Cc1c(F)c(NC(c2ccc(F)cc2)c2cn(C3CC3)nn2)cc2c(NCC(C)(C)C)c(C#N)cnc12. The quantitative estimate of drug-likeness (QED) is 0.310. The fourth-order valence-electron chi connectivity index (χ4n) is 4.29. The Morgan fingerprint density at radius 3 is 2.57 bits per heavy atom. The van der Waals surface area contributed by atoms with Crippen molar-refractivity contribution in [2.75, 3.05) is 17.2 Å². The summed E-state index contributed by atoms with van der Waals surface area (Å²) in [5.74, 6) is -0.810. The molecular weight excluding hydrogens is 472 g/mol. The Balaban J connectivity index is 1.61. The van der Waals surface area contributed by atoms with Gasteiger partial charge >= 0.3 is 0 Å². The standard InChI is InChI=1S/C28H29F2N7/c1-16-24(30)22(11-21-25(16)32-13-18(12-31)26(21)33-15-28(2,3)4)34-27(17-5-7-19(29)8-6-17)23-14-37(36-35-23)20-9-10-20/h5-8,11,13-14,20,27,34H,9-10,15H2,1-4H3,(H,32,33). The number of halogens is 2. The normalized spacial score (nSPS) is 14.4. The van der Waals surface area contributed by atoms with Crippen molar-refractivity contribution < 1.29 is 8.78 Å². The summed E-state index contributed by atoms with van der Waals surface area (Å²) in [6.07, 6.45) is 5.43. The Labute approximate surface area is 214 Å². The second-order valence-corrected chi connectivity index (χ2v) is 10.8. The van der Waals surface area contributed by atoms with E-state index < -0.39 is 11.9 Å². The second kappa shape index (κ2) is 9.43. The Morgan fingerprint density at radius 2 is 1.92 bits per heavy atom. The van der Waals surface area contributed by atoms with Crippen molar-refractivity contribution in [3.63, 3.8) is 0 Å². The predicted molar refractivity (Wildman–Crippen MR) is 139 cm³/mol. The maximum Gasteiger partial charge on any atom is 0.151 e. The molecule has 5 rings (SSSR count). The van der Waals surface area contributed by atoms with Crippen molar-refractivity contribution in [3.05, 3.63) is 76.7 Å². The molecule has 1 aliphatic carbocycles. The number of aryl methyl sites for hydroxylation is 1. The third-order valence-electron chi connectivity index (χ3n) is 6.49. The predicted octanol–water partition coefficient (Wildman–Crippen LogP) is 6.28. The van der Waals surface area contributed by atoms with E-state index in [0.29, 0.717) is 46.0 Å². The van der Waals surface area contributed by atoms with Crippen LogP contribution < -0.4 is 10.6 Å². The molecular formula is C28H29F2N7. The number of fused-ring (bicyclic) bond motifs is 1. The Kier molecular flexibility index (Phi) is 6.28. The molecule has 0 spiro atoms. The van der Waals surface area contributed by atoms with E-state index in [0.717, 1.165) is 18.4 Å². The molecule has 9 heteroatoms. The summed E-state index contributed by atoms with van der Waals surface area (Å²) in [6.45, 7) is 8.56. The topological polar surface area (TPSA) is 91.5 Å². The van der Waals surface area contributed by atoms with Crippen molar-refractivity contribution in [1.82, 2.24) is 20.0 Å². The van der Waals surface area contributed by atoms with Crippen LogP contribution in [0.3, 0.4) is 0 Å². The van der Waals surface area contributed by atoms with Crippen LogP contribution in [0.2, 0.25) is 0 Å². The highest BCUT2D eigenvalue weighted by Crippen LogP contribution is 2.37. The van der Waals surface area contributed by atoms with E-state index in [2.05, 4.69) is 52.8 Å². The summed E-state index contributed by atoms with van der Waals surface area (Å²) in [5, 5.41) is 25.7.